The molecule has 0 bridgehead atoms. The Balaban J connectivity index is 2.78. The molecule has 16 heavy (non-hydrogen) atoms. The largest absolute Gasteiger partial charge is 0.313 e. The molecule has 1 aromatic rings. The van der Waals surface area contributed by atoms with Gasteiger partial charge in [0.15, 0.2) is 0 Å². The highest BCUT2D eigenvalue weighted by Crippen LogP contribution is 2.23. The van der Waals surface area contributed by atoms with Crippen molar-refractivity contribution in [3.63, 3.8) is 0 Å². The maximum Gasteiger partial charge on any atom is 0.0319 e. The molecule has 1 N–H and O–H groups in total. The van der Waals surface area contributed by atoms with Crippen molar-refractivity contribution in [1.29, 1.82) is 0 Å². The first-order valence-electron chi connectivity index (χ1n) is 6.31. The first-order valence-corrected chi connectivity index (χ1v) is 6.31. The summed E-state index contributed by atoms with van der Waals surface area (Å²) in [5.74, 6) is 1.34. The molecule has 0 aliphatic heterocycles. The van der Waals surface area contributed by atoms with Gasteiger partial charge in [0, 0.05) is 6.04 Å². The van der Waals surface area contributed by atoms with Crippen LogP contribution in [0, 0.1) is 5.92 Å². The van der Waals surface area contributed by atoms with Crippen LogP contribution in [0.2, 0.25) is 0 Å². The maximum atomic E-state index is 3.40. The van der Waals surface area contributed by atoms with Gasteiger partial charge in [0.1, 0.15) is 0 Å². The molecule has 90 valence electrons. The third-order valence-corrected chi connectivity index (χ3v) is 3.06. The molecule has 0 spiro atoms. The Hall–Kier alpha value is -0.820. The minimum absolute atomic E-state index is 0.487. The summed E-state index contributed by atoms with van der Waals surface area (Å²) in [4.78, 5) is 0. The van der Waals surface area contributed by atoms with Crippen molar-refractivity contribution in [2.24, 2.45) is 5.92 Å². The molecular formula is C15H25N. The first kappa shape index (κ1) is 13.2. The second-order valence-electron chi connectivity index (χ2n) is 5.29. The number of rotatable bonds is 5. The zero-order valence-corrected chi connectivity index (χ0v) is 11.2. The lowest BCUT2D eigenvalue weighted by Gasteiger charge is -2.19. The lowest BCUT2D eigenvalue weighted by Crippen LogP contribution is -2.18. The molecule has 0 amide bonds. The van der Waals surface area contributed by atoms with Crippen LogP contribution in [-0.4, -0.2) is 7.05 Å². The standard InChI is InChI=1S/C15H25N/c1-11(2)10-15(16-5)14-8-6-13(7-9-14)12(3)4/h6-9,11-12,15-16H,10H2,1-5H3. The summed E-state index contributed by atoms with van der Waals surface area (Å²) >= 11 is 0. The lowest BCUT2D eigenvalue weighted by atomic mass is 9.94. The third-order valence-electron chi connectivity index (χ3n) is 3.06. The fourth-order valence-electron chi connectivity index (χ4n) is 2.01. The van der Waals surface area contributed by atoms with Crippen molar-refractivity contribution in [2.45, 2.75) is 46.1 Å². The van der Waals surface area contributed by atoms with Gasteiger partial charge in [-0.2, -0.15) is 0 Å². The van der Waals surface area contributed by atoms with Gasteiger partial charge in [-0.1, -0.05) is 52.0 Å². The van der Waals surface area contributed by atoms with Crippen molar-refractivity contribution in [1.82, 2.24) is 5.32 Å². The molecule has 0 saturated heterocycles. The van der Waals surface area contributed by atoms with Crippen LogP contribution >= 0.6 is 0 Å². The minimum atomic E-state index is 0.487. The molecule has 1 rings (SSSR count). The molecule has 1 nitrogen and oxygen atoms in total. The van der Waals surface area contributed by atoms with E-state index in [2.05, 4.69) is 57.3 Å². The quantitative estimate of drug-likeness (QED) is 0.785. The molecule has 0 aromatic heterocycles. The van der Waals surface area contributed by atoms with E-state index >= 15 is 0 Å². The summed E-state index contributed by atoms with van der Waals surface area (Å²) < 4.78 is 0. The zero-order chi connectivity index (χ0) is 12.1. The van der Waals surface area contributed by atoms with Crippen LogP contribution in [0.3, 0.4) is 0 Å². The molecule has 0 aliphatic carbocycles. The van der Waals surface area contributed by atoms with E-state index in [4.69, 9.17) is 0 Å². The Morgan fingerprint density at radius 3 is 1.81 bits per heavy atom. The molecule has 1 atom stereocenters. The van der Waals surface area contributed by atoms with Crippen LogP contribution in [0.1, 0.15) is 57.2 Å². The van der Waals surface area contributed by atoms with Gasteiger partial charge in [-0.3, -0.25) is 0 Å². The number of nitrogens with one attached hydrogen (secondary N) is 1. The highest BCUT2D eigenvalue weighted by Gasteiger charge is 2.11. The van der Waals surface area contributed by atoms with E-state index < -0.39 is 0 Å². The summed E-state index contributed by atoms with van der Waals surface area (Å²) in [5, 5.41) is 3.40. The van der Waals surface area contributed by atoms with Crippen molar-refractivity contribution in [3.05, 3.63) is 35.4 Å². The van der Waals surface area contributed by atoms with E-state index in [1.807, 2.05) is 7.05 Å². The SMILES string of the molecule is CNC(CC(C)C)c1ccc(C(C)C)cc1. The topological polar surface area (TPSA) is 12.0 Å². The van der Waals surface area contributed by atoms with E-state index in [-0.39, 0.29) is 0 Å². The van der Waals surface area contributed by atoms with E-state index in [9.17, 15) is 0 Å². The fourth-order valence-corrected chi connectivity index (χ4v) is 2.01. The van der Waals surface area contributed by atoms with Crippen molar-refractivity contribution in [3.8, 4) is 0 Å². The molecule has 0 aliphatic rings. The molecular weight excluding hydrogens is 194 g/mol. The average Bonchev–Trinajstić information content (AvgIpc) is 2.25. The van der Waals surface area contributed by atoms with Crippen molar-refractivity contribution in [2.75, 3.05) is 7.05 Å². The summed E-state index contributed by atoms with van der Waals surface area (Å²) in [6, 6.07) is 9.52. The Labute approximate surface area is 100 Å². The van der Waals surface area contributed by atoms with Gasteiger partial charge in [0.2, 0.25) is 0 Å². The van der Waals surface area contributed by atoms with Gasteiger partial charge in [-0.15, -0.1) is 0 Å². The summed E-state index contributed by atoms with van der Waals surface area (Å²) in [6.07, 6.45) is 1.19. The van der Waals surface area contributed by atoms with Crippen LogP contribution in [0.4, 0.5) is 0 Å². The van der Waals surface area contributed by atoms with Crippen LogP contribution in [-0.2, 0) is 0 Å². The van der Waals surface area contributed by atoms with E-state index in [1.165, 1.54) is 17.5 Å². The van der Waals surface area contributed by atoms with Gasteiger partial charge in [-0.25, -0.2) is 0 Å². The molecule has 0 saturated carbocycles. The van der Waals surface area contributed by atoms with Gasteiger partial charge >= 0.3 is 0 Å². The highest BCUT2D eigenvalue weighted by atomic mass is 14.9. The van der Waals surface area contributed by atoms with Gasteiger partial charge in [0.25, 0.3) is 0 Å². The van der Waals surface area contributed by atoms with Crippen molar-refractivity contribution >= 4 is 0 Å². The smallest absolute Gasteiger partial charge is 0.0319 e. The summed E-state index contributed by atoms with van der Waals surface area (Å²) in [5.41, 5.74) is 2.82. The van der Waals surface area contributed by atoms with E-state index in [0.29, 0.717) is 12.0 Å². The second-order valence-corrected chi connectivity index (χ2v) is 5.29. The Morgan fingerprint density at radius 2 is 1.44 bits per heavy atom. The van der Waals surface area contributed by atoms with Gasteiger partial charge < -0.3 is 5.32 Å². The second kappa shape index (κ2) is 6.05. The molecule has 1 heteroatoms. The normalized spacial score (nSPS) is 13.4. The van der Waals surface area contributed by atoms with Crippen LogP contribution in [0.25, 0.3) is 0 Å². The van der Waals surface area contributed by atoms with E-state index in [0.717, 1.165) is 5.92 Å². The maximum absolute atomic E-state index is 3.40. The van der Waals surface area contributed by atoms with Gasteiger partial charge in [-0.05, 0) is 36.4 Å². The third kappa shape index (κ3) is 3.64. The number of hydrogen-bond donors (Lipinski definition) is 1. The van der Waals surface area contributed by atoms with Crippen LogP contribution in [0.15, 0.2) is 24.3 Å². The number of benzene rings is 1. The lowest BCUT2D eigenvalue weighted by molar-refractivity contribution is 0.456. The number of hydrogen-bond acceptors (Lipinski definition) is 1. The molecule has 0 radical (unpaired) electrons. The average molecular weight is 219 g/mol. The molecule has 0 fully saturated rings. The Bertz CT molecular complexity index is 298. The van der Waals surface area contributed by atoms with Crippen LogP contribution in [0.5, 0.6) is 0 Å². The van der Waals surface area contributed by atoms with Gasteiger partial charge in [0.05, 0.1) is 0 Å². The summed E-state index contributed by atoms with van der Waals surface area (Å²) in [6.45, 7) is 9.01. The Kier molecular flexibility index (Phi) is 5.01. The highest BCUT2D eigenvalue weighted by molar-refractivity contribution is 5.26. The van der Waals surface area contributed by atoms with Crippen LogP contribution < -0.4 is 5.32 Å². The zero-order valence-electron chi connectivity index (χ0n) is 11.2. The monoisotopic (exact) mass is 219 g/mol. The van der Waals surface area contributed by atoms with E-state index in [1.54, 1.807) is 0 Å². The fraction of sp³-hybridized carbons (Fsp3) is 0.600. The first-order chi connectivity index (χ1) is 7.54. The predicted molar refractivity (Wildman–Crippen MR) is 71.8 cm³/mol. The van der Waals surface area contributed by atoms with Crippen molar-refractivity contribution < 1.29 is 0 Å². The Morgan fingerprint density at radius 1 is 0.938 bits per heavy atom. The molecule has 1 unspecified atom stereocenters. The summed E-state index contributed by atoms with van der Waals surface area (Å²) in [7, 11) is 2.05. The predicted octanol–water partition coefficient (Wildman–Crippen LogP) is 4.12. The molecule has 1 aromatic carbocycles. The minimum Gasteiger partial charge on any atom is -0.313 e. The molecule has 0 heterocycles.